The number of halogens is 1. The molecule has 0 aliphatic carbocycles. The third-order valence-electron chi connectivity index (χ3n) is 4.21. The van der Waals surface area contributed by atoms with Gasteiger partial charge in [-0.3, -0.25) is 9.59 Å². The molecule has 9 nitrogen and oxygen atoms in total. The molecule has 2 aromatic carbocycles. The summed E-state index contributed by atoms with van der Waals surface area (Å²) in [5.41, 5.74) is 4.57. The van der Waals surface area contributed by atoms with Crippen LogP contribution >= 0.6 is 15.9 Å². The standard InChI is InChI=1S/C22H24BrN3O6/c1-4-15-7-5-6-8-17(15)25-19(27)11-20(28)26-24-12-14-9-16(23)22(18(10-14)30-2)32-13-21(29)31-3/h5-10,12H,4,11,13H2,1-3H3,(H,25,27)(H,26,28). The highest BCUT2D eigenvalue weighted by Gasteiger charge is 2.14. The molecule has 2 rings (SSSR count). The first kappa shape index (κ1) is 24.9. The van der Waals surface area contributed by atoms with Gasteiger partial charge < -0.3 is 19.5 Å². The van der Waals surface area contributed by atoms with Gasteiger partial charge in [-0.25, -0.2) is 10.2 Å². The number of para-hydroxylation sites is 1. The molecule has 2 aromatic rings. The Morgan fingerprint density at radius 2 is 1.88 bits per heavy atom. The molecule has 0 aliphatic rings. The second kappa shape index (κ2) is 12.5. The van der Waals surface area contributed by atoms with Crippen LogP contribution in [0.1, 0.15) is 24.5 Å². The van der Waals surface area contributed by atoms with Gasteiger partial charge in [0.15, 0.2) is 18.1 Å². The van der Waals surface area contributed by atoms with E-state index in [1.807, 2.05) is 25.1 Å². The molecule has 2 N–H and O–H groups in total. The van der Waals surface area contributed by atoms with Gasteiger partial charge in [0.25, 0.3) is 0 Å². The Hall–Kier alpha value is -3.40. The molecule has 0 radical (unpaired) electrons. The molecule has 0 bridgehead atoms. The molecule has 2 amide bonds. The molecular weight excluding hydrogens is 482 g/mol. The number of anilines is 1. The summed E-state index contributed by atoms with van der Waals surface area (Å²) in [6.07, 6.45) is 1.78. The van der Waals surface area contributed by atoms with E-state index >= 15 is 0 Å². The molecule has 0 unspecified atom stereocenters. The van der Waals surface area contributed by atoms with Crippen molar-refractivity contribution in [3.05, 3.63) is 52.0 Å². The predicted molar refractivity (Wildman–Crippen MR) is 123 cm³/mol. The Labute approximate surface area is 194 Å². The monoisotopic (exact) mass is 505 g/mol. The Morgan fingerprint density at radius 1 is 1.12 bits per heavy atom. The van der Waals surface area contributed by atoms with Crippen LogP contribution in [0.25, 0.3) is 0 Å². The summed E-state index contributed by atoms with van der Waals surface area (Å²) in [5, 5.41) is 6.61. The second-order valence-corrected chi connectivity index (χ2v) is 7.28. The quantitative estimate of drug-likeness (QED) is 0.222. The summed E-state index contributed by atoms with van der Waals surface area (Å²) in [4.78, 5) is 35.4. The average molecular weight is 506 g/mol. The van der Waals surface area contributed by atoms with E-state index in [0.29, 0.717) is 27.2 Å². The van der Waals surface area contributed by atoms with Gasteiger partial charge in [-0.1, -0.05) is 25.1 Å². The van der Waals surface area contributed by atoms with E-state index < -0.39 is 17.8 Å². The number of hydrazone groups is 1. The summed E-state index contributed by atoms with van der Waals surface area (Å²) < 4.78 is 15.8. The van der Waals surface area contributed by atoms with Crippen LogP contribution in [0.5, 0.6) is 11.5 Å². The Kier molecular flexibility index (Phi) is 9.68. The van der Waals surface area contributed by atoms with Gasteiger partial charge in [0.1, 0.15) is 6.42 Å². The molecule has 10 heteroatoms. The molecule has 0 heterocycles. The fraction of sp³-hybridized carbons (Fsp3) is 0.273. The average Bonchev–Trinajstić information content (AvgIpc) is 2.77. The lowest BCUT2D eigenvalue weighted by atomic mass is 10.1. The molecule has 0 aliphatic heterocycles. The van der Waals surface area contributed by atoms with Crippen LogP contribution in [-0.2, 0) is 25.5 Å². The lowest BCUT2D eigenvalue weighted by Gasteiger charge is -2.12. The number of rotatable bonds is 10. The third kappa shape index (κ3) is 7.38. The van der Waals surface area contributed by atoms with Gasteiger partial charge in [0.2, 0.25) is 11.8 Å². The summed E-state index contributed by atoms with van der Waals surface area (Å²) in [7, 11) is 2.71. The van der Waals surface area contributed by atoms with Crippen molar-refractivity contribution in [2.24, 2.45) is 5.10 Å². The van der Waals surface area contributed by atoms with Crippen molar-refractivity contribution in [1.82, 2.24) is 5.43 Å². The summed E-state index contributed by atoms with van der Waals surface area (Å²) >= 11 is 3.35. The van der Waals surface area contributed by atoms with Crippen LogP contribution in [0, 0.1) is 0 Å². The zero-order chi connectivity index (χ0) is 23.5. The topological polar surface area (TPSA) is 115 Å². The molecule has 0 aromatic heterocycles. The van der Waals surface area contributed by atoms with Gasteiger partial charge >= 0.3 is 5.97 Å². The number of carbonyl (C=O) groups excluding carboxylic acids is 3. The molecule has 0 fully saturated rings. The number of esters is 1. The number of ether oxygens (including phenoxy) is 3. The number of benzene rings is 2. The number of nitrogens with one attached hydrogen (secondary N) is 2. The van der Waals surface area contributed by atoms with Gasteiger partial charge in [0, 0.05) is 5.69 Å². The highest BCUT2D eigenvalue weighted by atomic mass is 79.9. The largest absolute Gasteiger partial charge is 0.493 e. The minimum Gasteiger partial charge on any atom is -0.493 e. The van der Waals surface area contributed by atoms with E-state index in [1.54, 1.807) is 18.2 Å². The molecular formula is C22H24BrN3O6. The van der Waals surface area contributed by atoms with Crippen LogP contribution in [0.2, 0.25) is 0 Å². The van der Waals surface area contributed by atoms with Crippen molar-refractivity contribution >= 4 is 45.6 Å². The van der Waals surface area contributed by atoms with E-state index in [9.17, 15) is 14.4 Å². The first-order valence-electron chi connectivity index (χ1n) is 9.64. The molecule has 0 spiro atoms. The molecule has 0 atom stereocenters. The van der Waals surface area contributed by atoms with E-state index in [0.717, 1.165) is 12.0 Å². The number of nitrogens with zero attached hydrogens (tertiary/aromatic N) is 1. The van der Waals surface area contributed by atoms with Crippen molar-refractivity contribution in [2.75, 3.05) is 26.1 Å². The van der Waals surface area contributed by atoms with Crippen LogP contribution < -0.4 is 20.2 Å². The highest BCUT2D eigenvalue weighted by molar-refractivity contribution is 9.10. The SMILES string of the molecule is CCc1ccccc1NC(=O)CC(=O)NN=Cc1cc(Br)c(OCC(=O)OC)c(OC)c1. The Morgan fingerprint density at radius 3 is 2.56 bits per heavy atom. The lowest BCUT2D eigenvalue weighted by Crippen LogP contribution is -2.25. The molecule has 0 saturated heterocycles. The van der Waals surface area contributed by atoms with Crippen LogP contribution in [0.15, 0.2) is 46.0 Å². The van der Waals surface area contributed by atoms with Crippen molar-refractivity contribution in [1.29, 1.82) is 0 Å². The maximum atomic E-state index is 12.1. The summed E-state index contributed by atoms with van der Waals surface area (Å²) in [5.74, 6) is -0.852. The van der Waals surface area contributed by atoms with Gasteiger partial charge in [0.05, 0.1) is 24.9 Å². The molecule has 170 valence electrons. The number of methoxy groups -OCH3 is 2. The Bertz CT molecular complexity index is 1010. The number of amides is 2. The second-order valence-electron chi connectivity index (χ2n) is 6.43. The highest BCUT2D eigenvalue weighted by Crippen LogP contribution is 2.36. The minimum atomic E-state index is -0.559. The molecule has 32 heavy (non-hydrogen) atoms. The number of carbonyl (C=O) groups is 3. The Balaban J connectivity index is 1.95. The first-order valence-corrected chi connectivity index (χ1v) is 10.4. The number of aryl methyl sites for hydroxylation is 1. The maximum absolute atomic E-state index is 12.1. The maximum Gasteiger partial charge on any atom is 0.343 e. The van der Waals surface area contributed by atoms with Gasteiger partial charge in [-0.05, 0) is 51.7 Å². The summed E-state index contributed by atoms with van der Waals surface area (Å²) in [6.45, 7) is 1.71. The van der Waals surface area contributed by atoms with Crippen LogP contribution in [0.4, 0.5) is 5.69 Å². The van der Waals surface area contributed by atoms with Crippen molar-refractivity contribution in [2.45, 2.75) is 19.8 Å². The fourth-order valence-electron chi connectivity index (χ4n) is 2.65. The van der Waals surface area contributed by atoms with Crippen LogP contribution in [0.3, 0.4) is 0 Å². The smallest absolute Gasteiger partial charge is 0.343 e. The van der Waals surface area contributed by atoms with Gasteiger partial charge in [-0.2, -0.15) is 5.10 Å². The van der Waals surface area contributed by atoms with E-state index in [2.05, 4.69) is 36.5 Å². The zero-order valence-electron chi connectivity index (χ0n) is 17.9. The molecule has 0 saturated carbocycles. The fourth-order valence-corrected chi connectivity index (χ4v) is 3.23. The number of hydrogen-bond donors (Lipinski definition) is 2. The van der Waals surface area contributed by atoms with Crippen molar-refractivity contribution in [3.8, 4) is 11.5 Å². The zero-order valence-corrected chi connectivity index (χ0v) is 19.5. The van der Waals surface area contributed by atoms with Crippen molar-refractivity contribution < 1.29 is 28.6 Å². The minimum absolute atomic E-state index is 0.278. The first-order chi connectivity index (χ1) is 15.4. The van der Waals surface area contributed by atoms with E-state index in [-0.39, 0.29) is 13.0 Å². The predicted octanol–water partition coefficient (Wildman–Crippen LogP) is 3.05. The number of hydrogen-bond acceptors (Lipinski definition) is 7. The lowest BCUT2D eigenvalue weighted by molar-refractivity contribution is -0.143. The third-order valence-corrected chi connectivity index (χ3v) is 4.80. The van der Waals surface area contributed by atoms with E-state index in [1.165, 1.54) is 20.4 Å². The van der Waals surface area contributed by atoms with Crippen LogP contribution in [-0.4, -0.2) is 44.8 Å². The van der Waals surface area contributed by atoms with Gasteiger partial charge in [-0.15, -0.1) is 0 Å². The van der Waals surface area contributed by atoms with E-state index in [4.69, 9.17) is 9.47 Å². The normalized spacial score (nSPS) is 10.5. The summed E-state index contributed by atoms with van der Waals surface area (Å²) in [6, 6.07) is 10.7. The van der Waals surface area contributed by atoms with Crippen molar-refractivity contribution in [3.63, 3.8) is 0 Å².